The molecule has 3 heterocycles. The topological polar surface area (TPSA) is 74.6 Å². The number of aryl methyl sites for hydroxylation is 1. The lowest BCUT2D eigenvalue weighted by atomic mass is 10.0. The minimum atomic E-state index is -0.169. The fourth-order valence-electron chi connectivity index (χ4n) is 3.91. The number of fused-ring (bicyclic) bond motifs is 4. The molecule has 2 aromatic carbocycles. The zero-order valence-electron chi connectivity index (χ0n) is 17.0. The van der Waals surface area contributed by atoms with E-state index in [2.05, 4.69) is 16.5 Å². The first-order chi connectivity index (χ1) is 14.6. The summed E-state index contributed by atoms with van der Waals surface area (Å²) in [5, 5.41) is 7.50. The maximum Gasteiger partial charge on any atom is 0.242 e. The maximum atomic E-state index is 12.8. The van der Waals surface area contributed by atoms with Gasteiger partial charge in [-0.3, -0.25) is 9.48 Å². The molecule has 0 aliphatic carbocycles. The predicted octanol–water partition coefficient (Wildman–Crippen LogP) is 3.40. The molecule has 1 atom stereocenters. The Morgan fingerprint density at radius 3 is 2.77 bits per heavy atom. The molecular weight excluding hydrogens is 382 g/mol. The molecule has 7 nitrogen and oxygen atoms in total. The predicted molar refractivity (Wildman–Crippen MR) is 111 cm³/mol. The van der Waals surface area contributed by atoms with Crippen molar-refractivity contribution in [2.24, 2.45) is 0 Å². The normalized spacial score (nSPS) is 14.9. The Morgan fingerprint density at radius 1 is 1.10 bits per heavy atom. The molecule has 1 N–H and O–H groups in total. The second-order valence-corrected chi connectivity index (χ2v) is 7.66. The van der Waals surface area contributed by atoms with Crippen LogP contribution in [-0.4, -0.2) is 28.9 Å². The lowest BCUT2D eigenvalue weighted by molar-refractivity contribution is -0.122. The van der Waals surface area contributed by atoms with Gasteiger partial charge in [-0.15, -0.1) is 0 Å². The van der Waals surface area contributed by atoms with Gasteiger partial charge in [-0.1, -0.05) is 17.7 Å². The highest BCUT2D eigenvalue weighted by Crippen LogP contribution is 2.38. The summed E-state index contributed by atoms with van der Waals surface area (Å²) in [7, 11) is 0. The average Bonchev–Trinajstić information content (AvgIpc) is 3.16. The molecule has 0 saturated heterocycles. The van der Waals surface area contributed by atoms with E-state index in [1.165, 1.54) is 0 Å². The average molecular weight is 405 g/mol. The van der Waals surface area contributed by atoms with Crippen LogP contribution in [0.15, 0.2) is 42.6 Å². The molecule has 2 aliphatic heterocycles. The number of carbonyl (C=O) groups is 1. The first-order valence-electron chi connectivity index (χ1n) is 10.1. The molecule has 0 spiro atoms. The smallest absolute Gasteiger partial charge is 0.242 e. The fourth-order valence-corrected chi connectivity index (χ4v) is 3.91. The van der Waals surface area contributed by atoms with Crippen LogP contribution < -0.4 is 19.5 Å². The van der Waals surface area contributed by atoms with Gasteiger partial charge < -0.3 is 19.5 Å². The minimum absolute atomic E-state index is 0.107. The number of rotatable bonds is 4. The fraction of sp³-hybridized carbons (Fsp3) is 0.304. The zero-order chi connectivity index (χ0) is 20.7. The number of carbonyl (C=O) groups excluding carboxylic acids is 1. The van der Waals surface area contributed by atoms with Gasteiger partial charge in [-0.05, 0) is 43.7 Å². The van der Waals surface area contributed by atoms with Gasteiger partial charge in [-0.25, -0.2) is 0 Å². The van der Waals surface area contributed by atoms with Gasteiger partial charge in [0.05, 0.1) is 17.9 Å². The molecule has 3 aromatic rings. The van der Waals surface area contributed by atoms with Gasteiger partial charge in [0.1, 0.15) is 32.1 Å². The summed E-state index contributed by atoms with van der Waals surface area (Å²) < 4.78 is 18.8. The standard InChI is InChI=1S/C23H23N3O4/c1-14-3-5-19-18(9-14)23-17(13-30-19)11-24-26(23)12-22(27)25-15(2)16-4-6-20-21(10-16)29-8-7-28-20/h3-6,9-11,15H,7-8,12-13H2,1-2H3,(H,25,27)/t15-/m1/s1. The Kier molecular flexibility index (Phi) is 4.58. The van der Waals surface area contributed by atoms with Crippen LogP contribution in [0.3, 0.4) is 0 Å². The van der Waals surface area contributed by atoms with E-state index in [1.54, 1.807) is 10.9 Å². The number of ether oxygens (including phenoxy) is 3. The van der Waals surface area contributed by atoms with Crippen molar-refractivity contribution < 1.29 is 19.0 Å². The molecule has 1 aromatic heterocycles. The summed E-state index contributed by atoms with van der Waals surface area (Å²) in [6, 6.07) is 11.6. The van der Waals surface area contributed by atoms with Crippen molar-refractivity contribution in [3.63, 3.8) is 0 Å². The van der Waals surface area contributed by atoms with E-state index in [4.69, 9.17) is 14.2 Å². The van der Waals surface area contributed by atoms with E-state index in [0.29, 0.717) is 25.6 Å². The van der Waals surface area contributed by atoms with Crippen LogP contribution >= 0.6 is 0 Å². The van der Waals surface area contributed by atoms with Crippen molar-refractivity contribution in [1.82, 2.24) is 15.1 Å². The van der Waals surface area contributed by atoms with Crippen molar-refractivity contribution in [1.29, 1.82) is 0 Å². The number of hydrogen-bond acceptors (Lipinski definition) is 5. The first-order valence-corrected chi connectivity index (χ1v) is 10.1. The Bertz CT molecular complexity index is 1120. The third kappa shape index (κ3) is 3.36. The molecule has 30 heavy (non-hydrogen) atoms. The first kappa shape index (κ1) is 18.5. The molecule has 0 saturated carbocycles. The van der Waals surface area contributed by atoms with E-state index in [-0.39, 0.29) is 18.5 Å². The largest absolute Gasteiger partial charge is 0.488 e. The Labute approximate surface area is 174 Å². The van der Waals surface area contributed by atoms with Crippen LogP contribution in [0.5, 0.6) is 17.2 Å². The number of aromatic nitrogens is 2. The summed E-state index contributed by atoms with van der Waals surface area (Å²) in [6.45, 7) is 5.68. The molecule has 1 amide bonds. The number of hydrogen-bond donors (Lipinski definition) is 1. The van der Waals surface area contributed by atoms with Crippen LogP contribution in [0.2, 0.25) is 0 Å². The molecule has 0 fully saturated rings. The summed E-state index contributed by atoms with van der Waals surface area (Å²) in [5.41, 5.74) is 5.00. The van der Waals surface area contributed by atoms with Crippen molar-refractivity contribution in [3.8, 4) is 28.5 Å². The number of nitrogens with zero attached hydrogens (tertiary/aromatic N) is 2. The monoisotopic (exact) mass is 405 g/mol. The Hall–Kier alpha value is -3.48. The van der Waals surface area contributed by atoms with E-state index >= 15 is 0 Å². The highest BCUT2D eigenvalue weighted by Gasteiger charge is 2.24. The molecule has 2 aliphatic rings. The van der Waals surface area contributed by atoms with Crippen molar-refractivity contribution in [2.45, 2.75) is 33.0 Å². The molecule has 7 heteroatoms. The van der Waals surface area contributed by atoms with Crippen molar-refractivity contribution in [2.75, 3.05) is 13.2 Å². The Balaban J connectivity index is 1.33. The summed E-state index contributed by atoms with van der Waals surface area (Å²) >= 11 is 0. The SMILES string of the molecule is Cc1ccc2c(c1)-c1c(cnn1CC(=O)N[C@H](C)c1ccc3c(c1)OCCO3)CO2. The van der Waals surface area contributed by atoms with Crippen molar-refractivity contribution in [3.05, 3.63) is 59.3 Å². The third-order valence-electron chi connectivity index (χ3n) is 5.43. The minimum Gasteiger partial charge on any atom is -0.488 e. The van der Waals surface area contributed by atoms with E-state index in [1.807, 2.05) is 44.2 Å². The van der Waals surface area contributed by atoms with Crippen LogP contribution in [-0.2, 0) is 17.9 Å². The summed E-state index contributed by atoms with van der Waals surface area (Å²) in [5.74, 6) is 2.17. The summed E-state index contributed by atoms with van der Waals surface area (Å²) in [6.07, 6.45) is 1.78. The zero-order valence-corrected chi connectivity index (χ0v) is 17.0. The maximum absolute atomic E-state index is 12.8. The second-order valence-electron chi connectivity index (χ2n) is 7.66. The van der Waals surface area contributed by atoms with Gasteiger partial charge in [0, 0.05) is 11.1 Å². The number of nitrogens with one attached hydrogen (secondary N) is 1. The highest BCUT2D eigenvalue weighted by molar-refractivity contribution is 5.79. The van der Waals surface area contributed by atoms with E-state index in [0.717, 1.165) is 39.4 Å². The van der Waals surface area contributed by atoms with Gasteiger partial charge >= 0.3 is 0 Å². The quantitative estimate of drug-likeness (QED) is 0.720. The van der Waals surface area contributed by atoms with Crippen LogP contribution in [0.25, 0.3) is 11.3 Å². The lowest BCUT2D eigenvalue weighted by Crippen LogP contribution is -2.31. The van der Waals surface area contributed by atoms with Crippen LogP contribution in [0.4, 0.5) is 0 Å². The molecule has 0 radical (unpaired) electrons. The molecule has 0 unspecified atom stereocenters. The number of benzene rings is 2. The van der Waals surface area contributed by atoms with Gasteiger partial charge in [0.15, 0.2) is 11.5 Å². The lowest BCUT2D eigenvalue weighted by Gasteiger charge is -2.22. The molecule has 0 bridgehead atoms. The highest BCUT2D eigenvalue weighted by atomic mass is 16.6. The van der Waals surface area contributed by atoms with Gasteiger partial charge in [0.2, 0.25) is 5.91 Å². The van der Waals surface area contributed by atoms with Gasteiger partial charge in [-0.2, -0.15) is 5.10 Å². The van der Waals surface area contributed by atoms with Gasteiger partial charge in [0.25, 0.3) is 0 Å². The Morgan fingerprint density at radius 2 is 1.90 bits per heavy atom. The second kappa shape index (κ2) is 7.40. The van der Waals surface area contributed by atoms with Crippen LogP contribution in [0, 0.1) is 6.92 Å². The molecule has 154 valence electrons. The van der Waals surface area contributed by atoms with Crippen LogP contribution in [0.1, 0.15) is 29.7 Å². The van der Waals surface area contributed by atoms with Crippen molar-refractivity contribution >= 4 is 5.91 Å². The molecular formula is C23H23N3O4. The molecule has 5 rings (SSSR count). The summed E-state index contributed by atoms with van der Waals surface area (Å²) in [4.78, 5) is 12.8. The number of amides is 1. The third-order valence-corrected chi connectivity index (χ3v) is 5.43. The van der Waals surface area contributed by atoms with E-state index in [9.17, 15) is 4.79 Å². The van der Waals surface area contributed by atoms with E-state index < -0.39 is 0 Å².